The van der Waals surface area contributed by atoms with E-state index in [0.29, 0.717) is 5.69 Å². The van der Waals surface area contributed by atoms with Gasteiger partial charge in [-0.3, -0.25) is 4.72 Å². The van der Waals surface area contributed by atoms with Crippen molar-refractivity contribution in [2.24, 2.45) is 0 Å². The van der Waals surface area contributed by atoms with Crippen molar-refractivity contribution in [3.8, 4) is 0 Å². The minimum atomic E-state index is -3.68. The third-order valence-corrected chi connectivity index (χ3v) is 5.29. The lowest BCUT2D eigenvalue weighted by Crippen LogP contribution is -2.13. The fourth-order valence-corrected chi connectivity index (χ4v) is 3.48. The molecule has 0 radical (unpaired) electrons. The highest BCUT2D eigenvalue weighted by Crippen LogP contribution is 2.25. The van der Waals surface area contributed by atoms with Gasteiger partial charge >= 0.3 is 0 Å². The van der Waals surface area contributed by atoms with Crippen LogP contribution >= 0.6 is 27.5 Å². The molecule has 0 saturated carbocycles. The van der Waals surface area contributed by atoms with Gasteiger partial charge in [-0.15, -0.1) is 0 Å². The van der Waals surface area contributed by atoms with Crippen molar-refractivity contribution >= 4 is 43.2 Å². The topological polar surface area (TPSA) is 46.2 Å². The smallest absolute Gasteiger partial charge is 0.263 e. The maximum atomic E-state index is 12.2. The summed E-state index contributed by atoms with van der Waals surface area (Å²) in [5.41, 5.74) is 1.51. The molecule has 1 N–H and O–H groups in total. The molecule has 0 heterocycles. The van der Waals surface area contributed by atoms with Gasteiger partial charge in [0.1, 0.15) is 4.90 Å². The first-order chi connectivity index (χ1) is 8.90. The first kappa shape index (κ1) is 14.4. The Morgan fingerprint density at radius 2 is 1.84 bits per heavy atom. The molecular formula is C13H11BrClNO2S. The van der Waals surface area contributed by atoms with Crippen molar-refractivity contribution in [1.82, 2.24) is 0 Å². The van der Waals surface area contributed by atoms with E-state index in [0.717, 1.165) is 10.0 Å². The average Bonchev–Trinajstić information content (AvgIpc) is 2.34. The highest BCUT2D eigenvalue weighted by Gasteiger charge is 2.17. The maximum Gasteiger partial charge on any atom is 0.263 e. The van der Waals surface area contributed by atoms with Gasteiger partial charge in [-0.05, 0) is 36.8 Å². The number of benzene rings is 2. The van der Waals surface area contributed by atoms with Crippen molar-refractivity contribution in [3.05, 3.63) is 57.5 Å². The van der Waals surface area contributed by atoms with Gasteiger partial charge in [0, 0.05) is 10.2 Å². The molecule has 0 aliphatic carbocycles. The van der Waals surface area contributed by atoms with Crippen molar-refractivity contribution in [2.75, 3.05) is 4.72 Å². The van der Waals surface area contributed by atoms with Crippen LogP contribution in [-0.2, 0) is 10.0 Å². The summed E-state index contributed by atoms with van der Waals surface area (Å²) in [6, 6.07) is 11.6. The Morgan fingerprint density at radius 3 is 2.47 bits per heavy atom. The van der Waals surface area contributed by atoms with Crippen LogP contribution in [0, 0.1) is 6.92 Å². The van der Waals surface area contributed by atoms with Crippen LogP contribution in [0.1, 0.15) is 5.56 Å². The summed E-state index contributed by atoms with van der Waals surface area (Å²) in [5, 5.41) is 0.196. The lowest BCUT2D eigenvalue weighted by Gasteiger charge is -2.10. The average molecular weight is 361 g/mol. The van der Waals surface area contributed by atoms with Gasteiger partial charge in [0.15, 0.2) is 0 Å². The van der Waals surface area contributed by atoms with Crippen LogP contribution in [0.2, 0.25) is 5.02 Å². The predicted octanol–water partition coefficient (Wildman–Crippen LogP) is 4.21. The van der Waals surface area contributed by atoms with E-state index in [4.69, 9.17) is 11.6 Å². The van der Waals surface area contributed by atoms with E-state index >= 15 is 0 Å². The summed E-state index contributed by atoms with van der Waals surface area (Å²) in [6.07, 6.45) is 0. The van der Waals surface area contributed by atoms with Gasteiger partial charge < -0.3 is 0 Å². The van der Waals surface area contributed by atoms with Crippen molar-refractivity contribution in [1.29, 1.82) is 0 Å². The molecule has 2 aromatic carbocycles. The lowest BCUT2D eigenvalue weighted by molar-refractivity contribution is 0.601. The van der Waals surface area contributed by atoms with E-state index in [1.165, 1.54) is 6.07 Å². The highest BCUT2D eigenvalue weighted by atomic mass is 79.9. The van der Waals surface area contributed by atoms with Crippen LogP contribution in [-0.4, -0.2) is 8.42 Å². The molecular weight excluding hydrogens is 350 g/mol. The molecule has 19 heavy (non-hydrogen) atoms. The van der Waals surface area contributed by atoms with Gasteiger partial charge in [0.25, 0.3) is 10.0 Å². The summed E-state index contributed by atoms with van der Waals surface area (Å²) in [5.74, 6) is 0. The van der Waals surface area contributed by atoms with E-state index in [2.05, 4.69) is 20.7 Å². The number of aryl methyl sites for hydroxylation is 1. The van der Waals surface area contributed by atoms with E-state index < -0.39 is 10.0 Å². The fraction of sp³-hybridized carbons (Fsp3) is 0.0769. The number of rotatable bonds is 3. The van der Waals surface area contributed by atoms with Gasteiger partial charge in [-0.1, -0.05) is 45.7 Å². The molecule has 0 aliphatic heterocycles. The molecule has 0 fully saturated rings. The Bertz CT molecular complexity index is 716. The molecule has 100 valence electrons. The molecule has 0 unspecified atom stereocenters. The second-order valence-corrected chi connectivity index (χ2v) is 6.91. The standard InChI is InChI=1S/C13H11BrClNO2S/c1-9-6-7-10(8-11(9)14)16-19(17,18)13-5-3-2-4-12(13)15/h2-8,16H,1H3. The second-order valence-electron chi connectivity index (χ2n) is 4.00. The van der Waals surface area contributed by atoms with Crippen LogP contribution in [0.25, 0.3) is 0 Å². The number of halogens is 2. The van der Waals surface area contributed by atoms with Gasteiger partial charge in [0.2, 0.25) is 0 Å². The Morgan fingerprint density at radius 1 is 1.16 bits per heavy atom. The molecule has 0 amide bonds. The predicted molar refractivity (Wildman–Crippen MR) is 81.1 cm³/mol. The summed E-state index contributed by atoms with van der Waals surface area (Å²) in [6.45, 7) is 1.93. The Balaban J connectivity index is 2.37. The second kappa shape index (κ2) is 5.53. The van der Waals surface area contributed by atoms with E-state index in [1.54, 1.807) is 30.3 Å². The highest BCUT2D eigenvalue weighted by molar-refractivity contribution is 9.10. The molecule has 0 bridgehead atoms. The molecule has 0 saturated heterocycles. The van der Waals surface area contributed by atoms with Gasteiger partial charge in [-0.25, -0.2) is 8.42 Å². The Labute approximate surface area is 125 Å². The molecule has 0 spiro atoms. The van der Waals surface area contributed by atoms with Crippen LogP contribution in [0.5, 0.6) is 0 Å². The molecule has 0 aromatic heterocycles. The quantitative estimate of drug-likeness (QED) is 0.891. The van der Waals surface area contributed by atoms with Gasteiger partial charge in [0.05, 0.1) is 5.02 Å². The van der Waals surface area contributed by atoms with Crippen LogP contribution < -0.4 is 4.72 Å². The number of sulfonamides is 1. The van der Waals surface area contributed by atoms with Crippen LogP contribution in [0.3, 0.4) is 0 Å². The van der Waals surface area contributed by atoms with Crippen molar-refractivity contribution < 1.29 is 8.42 Å². The molecule has 0 aliphatic rings. The van der Waals surface area contributed by atoms with Crippen molar-refractivity contribution in [2.45, 2.75) is 11.8 Å². The molecule has 3 nitrogen and oxygen atoms in total. The molecule has 6 heteroatoms. The first-order valence-electron chi connectivity index (χ1n) is 5.43. The number of anilines is 1. The van der Waals surface area contributed by atoms with E-state index in [-0.39, 0.29) is 9.92 Å². The zero-order chi connectivity index (χ0) is 14.0. The van der Waals surface area contributed by atoms with Crippen LogP contribution in [0.4, 0.5) is 5.69 Å². The summed E-state index contributed by atoms with van der Waals surface area (Å²) >= 11 is 9.27. The van der Waals surface area contributed by atoms with Crippen LogP contribution in [0.15, 0.2) is 51.8 Å². The normalized spacial score (nSPS) is 11.3. The zero-order valence-corrected chi connectivity index (χ0v) is 13.2. The SMILES string of the molecule is Cc1ccc(NS(=O)(=O)c2ccccc2Cl)cc1Br. The third kappa shape index (κ3) is 3.29. The minimum Gasteiger partial charge on any atom is -0.280 e. The summed E-state index contributed by atoms with van der Waals surface area (Å²) < 4.78 is 27.8. The van der Waals surface area contributed by atoms with E-state index in [1.807, 2.05) is 13.0 Å². The minimum absolute atomic E-state index is 0.0633. The summed E-state index contributed by atoms with van der Waals surface area (Å²) in [7, 11) is -3.68. The number of hydrogen-bond donors (Lipinski definition) is 1. The number of nitrogens with one attached hydrogen (secondary N) is 1. The van der Waals surface area contributed by atoms with Gasteiger partial charge in [-0.2, -0.15) is 0 Å². The lowest BCUT2D eigenvalue weighted by atomic mass is 10.2. The Kier molecular flexibility index (Phi) is 4.18. The largest absolute Gasteiger partial charge is 0.280 e. The Hall–Kier alpha value is -1.04. The van der Waals surface area contributed by atoms with E-state index in [9.17, 15) is 8.42 Å². The third-order valence-electron chi connectivity index (χ3n) is 2.55. The molecule has 2 aromatic rings. The number of hydrogen-bond acceptors (Lipinski definition) is 2. The fourth-order valence-electron chi connectivity index (χ4n) is 1.53. The monoisotopic (exact) mass is 359 g/mol. The zero-order valence-electron chi connectivity index (χ0n) is 10.0. The molecule has 0 atom stereocenters. The van der Waals surface area contributed by atoms with Crippen molar-refractivity contribution in [3.63, 3.8) is 0 Å². The first-order valence-corrected chi connectivity index (χ1v) is 8.09. The molecule has 2 rings (SSSR count). The maximum absolute atomic E-state index is 12.2. The summed E-state index contributed by atoms with van der Waals surface area (Å²) in [4.78, 5) is 0.0633.